The third-order valence-electron chi connectivity index (χ3n) is 0.673. The van der Waals surface area contributed by atoms with E-state index in [2.05, 4.69) is 9.83 Å². The monoisotopic (exact) mass is 152 g/mol. The number of nitrogens with zero attached hydrogens (tertiary/aromatic N) is 1. The van der Waals surface area contributed by atoms with E-state index in [1.807, 2.05) is 5.48 Å². The molecule has 1 unspecified atom stereocenters. The van der Waals surface area contributed by atoms with Crippen LogP contribution in [0.15, 0.2) is 4.99 Å². The quantitative estimate of drug-likeness (QED) is 0.457. The minimum atomic E-state index is -4.19. The summed E-state index contributed by atoms with van der Waals surface area (Å²) in [5, 5.41) is 0. The van der Waals surface area contributed by atoms with E-state index >= 15 is 0 Å². The summed E-state index contributed by atoms with van der Waals surface area (Å²) in [5.41, 5.74) is 0.546. The molecule has 1 atom stereocenters. The Labute approximate surface area is 51.2 Å². The van der Waals surface area contributed by atoms with Crippen LogP contribution in [0.25, 0.3) is 0 Å². The van der Waals surface area contributed by atoms with Gasteiger partial charge >= 0.3 is 15.7 Å². The fraction of sp³-hybridized carbons (Fsp3) is 0.500. The average Bonchev–Trinajstić information content (AvgIpc) is 2.08. The predicted octanol–water partition coefficient (Wildman–Crippen LogP) is -1.28. The van der Waals surface area contributed by atoms with Gasteiger partial charge in [0.25, 0.3) is 0 Å². The highest BCUT2D eigenvalue weighted by molar-refractivity contribution is 7.86. The molecule has 0 saturated heterocycles. The molecule has 1 rings (SSSR count). The van der Waals surface area contributed by atoms with Crippen LogP contribution in [0.4, 0.5) is 0 Å². The molecular formula is C2H4N2O4S. The van der Waals surface area contributed by atoms with Crippen molar-refractivity contribution in [2.24, 2.45) is 4.99 Å². The first-order valence-corrected chi connectivity index (χ1v) is 3.50. The van der Waals surface area contributed by atoms with Gasteiger partial charge in [0, 0.05) is 0 Å². The molecule has 7 heteroatoms. The van der Waals surface area contributed by atoms with Gasteiger partial charge in [-0.25, -0.2) is 9.83 Å². The Morgan fingerprint density at radius 1 is 1.78 bits per heavy atom. The standard InChI is InChI=1S/C2H4N2O4S/c5-9(6,7)2-3-1-4-8-2/h1-2H,(H,3,4)(H,5,6,7). The molecule has 9 heavy (non-hydrogen) atoms. The molecule has 0 aromatic carbocycles. The molecule has 1 aliphatic rings. The first-order chi connectivity index (χ1) is 4.11. The molecule has 0 aromatic rings. The number of hydrogen-bond donors (Lipinski definition) is 2. The van der Waals surface area contributed by atoms with Crippen molar-refractivity contribution in [3.8, 4) is 0 Å². The summed E-state index contributed by atoms with van der Waals surface area (Å²) < 4.78 is 28.4. The van der Waals surface area contributed by atoms with Crippen LogP contribution in [0.3, 0.4) is 0 Å². The molecule has 52 valence electrons. The Morgan fingerprint density at radius 2 is 2.44 bits per heavy atom. The third-order valence-corrected chi connectivity index (χ3v) is 1.40. The zero-order valence-electron chi connectivity index (χ0n) is 4.18. The molecule has 0 amide bonds. The highest BCUT2D eigenvalue weighted by Gasteiger charge is 2.25. The molecule has 0 fully saturated rings. The molecule has 1 aliphatic heterocycles. The second-order valence-electron chi connectivity index (χ2n) is 1.34. The lowest BCUT2D eigenvalue weighted by molar-refractivity contribution is 0.0820. The fourth-order valence-corrected chi connectivity index (χ4v) is 0.740. The Bertz CT molecular complexity index is 219. The SMILES string of the molecule is O=S(=O)(O)C1N=CNO1. The van der Waals surface area contributed by atoms with E-state index in [0.29, 0.717) is 0 Å². The van der Waals surface area contributed by atoms with E-state index in [9.17, 15) is 8.42 Å². The number of hydroxylamine groups is 1. The Balaban J connectivity index is 2.76. The summed E-state index contributed by atoms with van der Waals surface area (Å²) in [6, 6.07) is 0. The molecule has 6 nitrogen and oxygen atoms in total. The van der Waals surface area contributed by atoms with Crippen LogP contribution in [-0.4, -0.2) is 24.9 Å². The van der Waals surface area contributed by atoms with Crippen molar-refractivity contribution in [2.45, 2.75) is 5.56 Å². The number of nitrogens with one attached hydrogen (secondary N) is 1. The van der Waals surface area contributed by atoms with Crippen molar-refractivity contribution in [3.05, 3.63) is 0 Å². The Hall–Kier alpha value is -0.660. The molecule has 0 saturated carbocycles. The molecule has 0 aromatic heterocycles. The van der Waals surface area contributed by atoms with Gasteiger partial charge in [-0.2, -0.15) is 8.42 Å². The van der Waals surface area contributed by atoms with Crippen molar-refractivity contribution in [2.75, 3.05) is 0 Å². The summed E-state index contributed by atoms with van der Waals surface area (Å²) in [6.07, 6.45) is 1.04. The topological polar surface area (TPSA) is 88.0 Å². The van der Waals surface area contributed by atoms with Crippen LogP contribution in [0.2, 0.25) is 0 Å². The van der Waals surface area contributed by atoms with E-state index in [4.69, 9.17) is 4.55 Å². The van der Waals surface area contributed by atoms with Gasteiger partial charge in [-0.1, -0.05) is 0 Å². The van der Waals surface area contributed by atoms with Crippen molar-refractivity contribution < 1.29 is 17.8 Å². The van der Waals surface area contributed by atoms with E-state index in [-0.39, 0.29) is 0 Å². The maximum atomic E-state index is 10.1. The lowest BCUT2D eigenvalue weighted by Gasteiger charge is -1.98. The van der Waals surface area contributed by atoms with Crippen molar-refractivity contribution >= 4 is 16.5 Å². The molecule has 0 bridgehead atoms. The van der Waals surface area contributed by atoms with Gasteiger partial charge in [0.15, 0.2) is 0 Å². The molecule has 1 heterocycles. The van der Waals surface area contributed by atoms with E-state index in [1.165, 1.54) is 0 Å². The summed E-state index contributed by atoms with van der Waals surface area (Å²) in [7, 11) is -4.19. The largest absolute Gasteiger partial charge is 0.316 e. The van der Waals surface area contributed by atoms with Crippen LogP contribution in [0, 0.1) is 0 Å². The molecule has 2 N–H and O–H groups in total. The lowest BCUT2D eigenvalue weighted by atomic mass is 11.2. The summed E-state index contributed by atoms with van der Waals surface area (Å²) in [5.74, 6) is 0. The van der Waals surface area contributed by atoms with Crippen molar-refractivity contribution in [3.63, 3.8) is 0 Å². The van der Waals surface area contributed by atoms with E-state index in [0.717, 1.165) is 6.34 Å². The third kappa shape index (κ3) is 1.37. The van der Waals surface area contributed by atoms with Crippen LogP contribution in [-0.2, 0) is 15.0 Å². The maximum absolute atomic E-state index is 10.1. The van der Waals surface area contributed by atoms with Gasteiger partial charge in [0.1, 0.15) is 6.34 Å². The van der Waals surface area contributed by atoms with Gasteiger partial charge in [-0.05, 0) is 0 Å². The van der Waals surface area contributed by atoms with Crippen LogP contribution in [0.1, 0.15) is 0 Å². The average molecular weight is 152 g/mol. The Morgan fingerprint density at radius 3 is 2.67 bits per heavy atom. The van der Waals surface area contributed by atoms with Crippen LogP contribution >= 0.6 is 0 Å². The van der Waals surface area contributed by atoms with Crippen LogP contribution < -0.4 is 5.48 Å². The van der Waals surface area contributed by atoms with Crippen molar-refractivity contribution in [1.82, 2.24) is 5.48 Å². The van der Waals surface area contributed by atoms with E-state index in [1.54, 1.807) is 0 Å². The molecule has 0 aliphatic carbocycles. The Kier molecular flexibility index (Phi) is 1.39. The van der Waals surface area contributed by atoms with Gasteiger partial charge in [0.05, 0.1) is 0 Å². The van der Waals surface area contributed by atoms with E-state index < -0.39 is 15.7 Å². The molecular weight excluding hydrogens is 148 g/mol. The fourth-order valence-electron chi connectivity index (χ4n) is 0.348. The van der Waals surface area contributed by atoms with Crippen LogP contribution in [0.5, 0.6) is 0 Å². The van der Waals surface area contributed by atoms with Gasteiger partial charge in [0.2, 0.25) is 0 Å². The summed E-state index contributed by atoms with van der Waals surface area (Å²) in [4.78, 5) is 7.42. The number of rotatable bonds is 1. The first kappa shape index (κ1) is 6.46. The normalized spacial score (nSPS) is 26.1. The highest BCUT2D eigenvalue weighted by Crippen LogP contribution is 2.02. The summed E-state index contributed by atoms with van der Waals surface area (Å²) >= 11 is 0. The second-order valence-corrected chi connectivity index (χ2v) is 2.77. The maximum Gasteiger partial charge on any atom is 0.316 e. The minimum Gasteiger partial charge on any atom is -0.282 e. The zero-order chi connectivity index (χ0) is 6.91. The second kappa shape index (κ2) is 1.94. The van der Waals surface area contributed by atoms with Gasteiger partial charge in [-0.15, -0.1) is 0 Å². The zero-order valence-corrected chi connectivity index (χ0v) is 5.00. The lowest BCUT2D eigenvalue weighted by Crippen LogP contribution is -2.21. The smallest absolute Gasteiger partial charge is 0.282 e. The van der Waals surface area contributed by atoms with Gasteiger partial charge in [-0.3, -0.25) is 10.0 Å². The number of hydrogen-bond acceptors (Lipinski definition) is 5. The first-order valence-electron chi connectivity index (χ1n) is 2.00. The van der Waals surface area contributed by atoms with Crippen molar-refractivity contribution in [1.29, 1.82) is 0 Å². The highest BCUT2D eigenvalue weighted by atomic mass is 32.2. The minimum absolute atomic E-state index is 1.04. The number of aliphatic imine (C=N–C) groups is 1. The molecule has 0 radical (unpaired) electrons. The van der Waals surface area contributed by atoms with Gasteiger partial charge < -0.3 is 0 Å². The summed E-state index contributed by atoms with van der Waals surface area (Å²) in [6.45, 7) is 0. The predicted molar refractivity (Wildman–Crippen MR) is 28.0 cm³/mol. The molecule has 0 spiro atoms.